The summed E-state index contributed by atoms with van der Waals surface area (Å²) in [5, 5.41) is 22.5. The first-order valence-corrected chi connectivity index (χ1v) is 4.15. The normalized spacial score (nSPS) is 12.1. The molecule has 0 aromatic heterocycles. The molecule has 0 bridgehead atoms. The van der Waals surface area contributed by atoms with Gasteiger partial charge in [0.25, 0.3) is 0 Å². The lowest BCUT2D eigenvalue weighted by Crippen LogP contribution is -2.18. The zero-order valence-electron chi connectivity index (χ0n) is 7.79. The topological polar surface area (TPSA) is 73.1 Å². The van der Waals surface area contributed by atoms with Crippen molar-refractivity contribution in [2.45, 2.75) is 6.10 Å². The minimum atomic E-state index is -0.829. The lowest BCUT2D eigenvalue weighted by Gasteiger charge is -2.14. The van der Waals surface area contributed by atoms with Crippen LogP contribution in [-0.2, 0) is 0 Å². The van der Waals surface area contributed by atoms with Crippen LogP contribution in [0.25, 0.3) is 0 Å². The van der Waals surface area contributed by atoms with Crippen LogP contribution in [0.1, 0.15) is 11.7 Å². The monoisotopic (exact) mass is 196 g/mol. The maximum atomic E-state index is 10.1. The van der Waals surface area contributed by atoms with E-state index in [4.69, 9.17) is 5.11 Å². The van der Waals surface area contributed by atoms with Gasteiger partial charge in [-0.2, -0.15) is 0 Å². The van der Waals surface area contributed by atoms with Gasteiger partial charge in [0.15, 0.2) is 0 Å². The molecule has 5 nitrogen and oxygen atoms in total. The number of aromatic hydroxyl groups is 1. The summed E-state index contributed by atoms with van der Waals surface area (Å²) in [6.45, 7) is 0.104. The Labute approximate surface area is 81.5 Å². The zero-order valence-corrected chi connectivity index (χ0v) is 7.79. The number of aliphatic hydroxyl groups is 1. The Morgan fingerprint density at radius 3 is 2.86 bits per heavy atom. The molecule has 0 radical (unpaired) electrons. The van der Waals surface area contributed by atoms with Gasteiger partial charge >= 0.3 is 0 Å². The van der Waals surface area contributed by atoms with E-state index in [1.807, 2.05) is 0 Å². The minimum Gasteiger partial charge on any atom is -0.508 e. The van der Waals surface area contributed by atoms with E-state index in [2.05, 4.69) is 5.29 Å². The van der Waals surface area contributed by atoms with Crippen molar-refractivity contribution in [3.05, 3.63) is 34.7 Å². The molecular weight excluding hydrogens is 184 g/mol. The van der Waals surface area contributed by atoms with Crippen molar-refractivity contribution in [1.29, 1.82) is 0 Å². The lowest BCUT2D eigenvalue weighted by molar-refractivity contribution is 0.127. The molecule has 0 heterocycles. The summed E-state index contributed by atoms with van der Waals surface area (Å²) in [7, 11) is 1.47. The molecule has 1 atom stereocenters. The third-order valence-electron chi connectivity index (χ3n) is 1.83. The van der Waals surface area contributed by atoms with E-state index in [0.29, 0.717) is 5.56 Å². The SMILES string of the molecule is CN(CC(O)c1cccc(O)c1)N=O. The zero-order chi connectivity index (χ0) is 10.6. The number of phenols is 1. The molecule has 0 fully saturated rings. The van der Waals surface area contributed by atoms with Crippen molar-refractivity contribution in [2.75, 3.05) is 13.6 Å². The van der Waals surface area contributed by atoms with E-state index in [-0.39, 0.29) is 12.3 Å². The summed E-state index contributed by atoms with van der Waals surface area (Å²) in [5.41, 5.74) is 0.556. The van der Waals surface area contributed by atoms with Crippen molar-refractivity contribution in [3.63, 3.8) is 0 Å². The molecule has 0 saturated heterocycles. The van der Waals surface area contributed by atoms with Crippen molar-refractivity contribution < 1.29 is 10.2 Å². The first kappa shape index (κ1) is 10.5. The average molecular weight is 196 g/mol. The number of aliphatic hydroxyl groups excluding tert-OH is 1. The molecule has 0 saturated carbocycles. The van der Waals surface area contributed by atoms with Gasteiger partial charge in [0.05, 0.1) is 17.9 Å². The summed E-state index contributed by atoms with van der Waals surface area (Å²) in [6, 6.07) is 6.26. The van der Waals surface area contributed by atoms with Gasteiger partial charge in [-0.1, -0.05) is 12.1 Å². The summed E-state index contributed by atoms with van der Waals surface area (Å²) >= 11 is 0. The predicted molar refractivity (Wildman–Crippen MR) is 51.5 cm³/mol. The highest BCUT2D eigenvalue weighted by molar-refractivity contribution is 5.28. The maximum Gasteiger partial charge on any atom is 0.115 e. The largest absolute Gasteiger partial charge is 0.508 e. The number of nitroso groups, excluding NO2 is 1. The summed E-state index contributed by atoms with van der Waals surface area (Å²) in [6.07, 6.45) is -0.829. The number of benzene rings is 1. The van der Waals surface area contributed by atoms with Gasteiger partial charge in [0.2, 0.25) is 0 Å². The Morgan fingerprint density at radius 2 is 2.29 bits per heavy atom. The number of rotatable bonds is 4. The van der Waals surface area contributed by atoms with Gasteiger partial charge < -0.3 is 10.2 Å². The van der Waals surface area contributed by atoms with Crippen molar-refractivity contribution in [1.82, 2.24) is 5.01 Å². The minimum absolute atomic E-state index is 0.0864. The molecule has 14 heavy (non-hydrogen) atoms. The molecule has 1 unspecified atom stereocenters. The van der Waals surface area contributed by atoms with E-state index >= 15 is 0 Å². The molecule has 1 aromatic rings. The number of hydrogen-bond acceptors (Lipinski definition) is 4. The molecule has 0 aliphatic carbocycles. The van der Waals surface area contributed by atoms with Crippen LogP contribution in [0, 0.1) is 4.91 Å². The number of likely N-dealkylation sites (N-methyl/N-ethyl adjacent to an activating group) is 1. The first-order valence-electron chi connectivity index (χ1n) is 4.15. The molecule has 76 valence electrons. The highest BCUT2D eigenvalue weighted by Gasteiger charge is 2.10. The Bertz CT molecular complexity index is 317. The number of phenolic OH excluding ortho intramolecular Hbond substituents is 1. The van der Waals surface area contributed by atoms with Crippen LogP contribution in [0.4, 0.5) is 0 Å². The quantitative estimate of drug-likeness (QED) is 0.557. The van der Waals surface area contributed by atoms with Crippen LogP contribution in [0.2, 0.25) is 0 Å². The second-order valence-electron chi connectivity index (χ2n) is 3.03. The standard InChI is InChI=1S/C9H12N2O3/c1-11(10-14)6-9(13)7-3-2-4-8(12)5-7/h2-5,9,12-13H,6H2,1H3. The van der Waals surface area contributed by atoms with Gasteiger partial charge in [0, 0.05) is 7.05 Å². The van der Waals surface area contributed by atoms with Gasteiger partial charge in [-0.3, -0.25) is 5.01 Å². The van der Waals surface area contributed by atoms with Gasteiger partial charge in [-0.15, -0.1) is 4.91 Å². The molecule has 1 rings (SSSR count). The fraction of sp³-hybridized carbons (Fsp3) is 0.333. The number of nitrogens with zero attached hydrogens (tertiary/aromatic N) is 2. The Balaban J connectivity index is 2.69. The third kappa shape index (κ3) is 2.70. The van der Waals surface area contributed by atoms with Crippen molar-refractivity contribution in [2.24, 2.45) is 5.29 Å². The van der Waals surface area contributed by atoms with E-state index < -0.39 is 6.10 Å². The summed E-state index contributed by atoms with van der Waals surface area (Å²) in [4.78, 5) is 10.1. The molecule has 5 heteroatoms. The smallest absolute Gasteiger partial charge is 0.115 e. The lowest BCUT2D eigenvalue weighted by atomic mass is 10.1. The van der Waals surface area contributed by atoms with Crippen molar-refractivity contribution in [3.8, 4) is 5.75 Å². The fourth-order valence-corrected chi connectivity index (χ4v) is 1.12. The number of hydrogen-bond donors (Lipinski definition) is 2. The van der Waals surface area contributed by atoms with Gasteiger partial charge in [-0.25, -0.2) is 0 Å². The predicted octanol–water partition coefficient (Wildman–Crippen LogP) is 1.04. The third-order valence-corrected chi connectivity index (χ3v) is 1.83. The molecule has 0 aliphatic rings. The first-order chi connectivity index (χ1) is 6.63. The second kappa shape index (κ2) is 4.57. The fourth-order valence-electron chi connectivity index (χ4n) is 1.12. The average Bonchev–Trinajstić information content (AvgIpc) is 2.17. The highest BCUT2D eigenvalue weighted by Crippen LogP contribution is 2.18. The van der Waals surface area contributed by atoms with Crippen LogP contribution in [0.3, 0.4) is 0 Å². The van der Waals surface area contributed by atoms with Crippen molar-refractivity contribution >= 4 is 0 Å². The van der Waals surface area contributed by atoms with Gasteiger partial charge in [-0.05, 0) is 17.7 Å². The molecule has 0 aliphatic heterocycles. The maximum absolute atomic E-state index is 10.1. The molecule has 2 N–H and O–H groups in total. The Hall–Kier alpha value is -1.62. The Kier molecular flexibility index (Phi) is 3.41. The van der Waals surface area contributed by atoms with E-state index in [1.165, 1.54) is 19.2 Å². The van der Waals surface area contributed by atoms with E-state index in [1.54, 1.807) is 12.1 Å². The summed E-state index contributed by atoms with van der Waals surface area (Å²) < 4.78 is 0. The van der Waals surface area contributed by atoms with Crippen LogP contribution in [0.15, 0.2) is 29.6 Å². The van der Waals surface area contributed by atoms with Crippen LogP contribution in [0.5, 0.6) is 5.75 Å². The second-order valence-corrected chi connectivity index (χ2v) is 3.03. The van der Waals surface area contributed by atoms with Crippen LogP contribution < -0.4 is 0 Å². The van der Waals surface area contributed by atoms with Gasteiger partial charge in [0.1, 0.15) is 5.75 Å². The van der Waals surface area contributed by atoms with E-state index in [9.17, 15) is 10.0 Å². The summed E-state index contributed by atoms with van der Waals surface area (Å²) in [5.74, 6) is 0.0864. The molecular formula is C9H12N2O3. The van der Waals surface area contributed by atoms with E-state index in [0.717, 1.165) is 5.01 Å². The highest BCUT2D eigenvalue weighted by atomic mass is 16.3. The molecule has 0 amide bonds. The Morgan fingerprint density at radius 1 is 1.57 bits per heavy atom. The van der Waals surface area contributed by atoms with Crippen LogP contribution >= 0.6 is 0 Å². The van der Waals surface area contributed by atoms with Crippen LogP contribution in [-0.4, -0.2) is 28.8 Å². The molecule has 0 spiro atoms. The molecule has 1 aromatic carbocycles.